The van der Waals surface area contributed by atoms with E-state index in [-0.39, 0.29) is 5.78 Å². The van der Waals surface area contributed by atoms with Crippen molar-refractivity contribution in [2.24, 2.45) is 0 Å². The van der Waals surface area contributed by atoms with Gasteiger partial charge in [0.2, 0.25) is 5.78 Å². The molecule has 0 radical (unpaired) electrons. The van der Waals surface area contributed by atoms with Crippen LogP contribution in [0.5, 0.6) is 23.0 Å². The molecule has 0 N–H and O–H groups in total. The first kappa shape index (κ1) is 21.4. The zero-order valence-corrected chi connectivity index (χ0v) is 17.9. The molecular formula is C24H27NO5. The number of hydrogen-bond acceptors (Lipinski definition) is 6. The fourth-order valence-corrected chi connectivity index (χ4v) is 3.23. The number of carbonyl (C=O) groups excluding carboxylic acids is 1. The fourth-order valence-electron chi connectivity index (χ4n) is 3.23. The summed E-state index contributed by atoms with van der Waals surface area (Å²) in [5.74, 6) is 2.20. The van der Waals surface area contributed by atoms with E-state index in [1.54, 1.807) is 24.4 Å². The predicted molar refractivity (Wildman–Crippen MR) is 116 cm³/mol. The quantitative estimate of drug-likeness (QED) is 0.436. The van der Waals surface area contributed by atoms with Gasteiger partial charge >= 0.3 is 0 Å². The average molecular weight is 409 g/mol. The molecule has 0 unspecified atom stereocenters. The van der Waals surface area contributed by atoms with Crippen LogP contribution in [0, 0.1) is 0 Å². The molecule has 2 aromatic carbocycles. The molecule has 1 heterocycles. The third-order valence-corrected chi connectivity index (χ3v) is 4.45. The van der Waals surface area contributed by atoms with Crippen molar-refractivity contribution < 1.29 is 23.7 Å². The standard InChI is InChI=1S/C24H27NO5/c1-5-27-19-10-9-17(14-20(19)28-6-2)24(26)23-18-15-22(30-8-4)21(29-7-3)13-16(18)11-12-25-23/h9-15H,5-8H2,1-4H3. The second-order valence-corrected chi connectivity index (χ2v) is 6.40. The third-order valence-electron chi connectivity index (χ3n) is 4.45. The molecule has 0 bridgehead atoms. The highest BCUT2D eigenvalue weighted by Crippen LogP contribution is 2.35. The molecule has 6 nitrogen and oxygen atoms in total. The summed E-state index contributed by atoms with van der Waals surface area (Å²) in [6.45, 7) is 9.63. The number of ether oxygens (including phenoxy) is 4. The van der Waals surface area contributed by atoms with Gasteiger partial charge in [0.1, 0.15) is 5.69 Å². The SMILES string of the molecule is CCOc1ccc(C(=O)c2nccc3cc(OCC)c(OCC)cc23)cc1OCC. The normalized spacial score (nSPS) is 10.7. The summed E-state index contributed by atoms with van der Waals surface area (Å²) in [5, 5.41) is 1.57. The summed E-state index contributed by atoms with van der Waals surface area (Å²) in [6.07, 6.45) is 1.63. The molecule has 0 saturated heterocycles. The fraction of sp³-hybridized carbons (Fsp3) is 0.333. The maximum absolute atomic E-state index is 13.3. The molecule has 0 saturated carbocycles. The first-order valence-electron chi connectivity index (χ1n) is 10.3. The Morgan fingerprint density at radius 1 is 0.733 bits per heavy atom. The van der Waals surface area contributed by atoms with Crippen molar-refractivity contribution in [1.29, 1.82) is 0 Å². The van der Waals surface area contributed by atoms with Gasteiger partial charge in [0.15, 0.2) is 23.0 Å². The van der Waals surface area contributed by atoms with Gasteiger partial charge in [0.05, 0.1) is 26.4 Å². The lowest BCUT2D eigenvalue weighted by Crippen LogP contribution is -2.07. The molecule has 0 aliphatic rings. The maximum Gasteiger partial charge on any atom is 0.212 e. The summed E-state index contributed by atoms with van der Waals surface area (Å²) in [5.41, 5.74) is 0.830. The number of carbonyl (C=O) groups is 1. The van der Waals surface area contributed by atoms with E-state index in [2.05, 4.69) is 4.98 Å². The second-order valence-electron chi connectivity index (χ2n) is 6.40. The summed E-state index contributed by atoms with van der Waals surface area (Å²) in [7, 11) is 0. The van der Waals surface area contributed by atoms with Crippen molar-refractivity contribution in [2.45, 2.75) is 27.7 Å². The third kappa shape index (κ3) is 4.48. The monoisotopic (exact) mass is 409 g/mol. The smallest absolute Gasteiger partial charge is 0.212 e. The molecule has 0 aliphatic carbocycles. The van der Waals surface area contributed by atoms with Gasteiger partial charge in [-0.2, -0.15) is 0 Å². The van der Waals surface area contributed by atoms with Crippen LogP contribution in [0.25, 0.3) is 10.8 Å². The van der Waals surface area contributed by atoms with Crippen molar-refractivity contribution >= 4 is 16.6 Å². The van der Waals surface area contributed by atoms with E-state index in [0.717, 1.165) is 5.39 Å². The Bertz CT molecular complexity index is 1030. The van der Waals surface area contributed by atoms with Gasteiger partial charge in [-0.1, -0.05) is 0 Å². The second kappa shape index (κ2) is 9.96. The van der Waals surface area contributed by atoms with Crippen molar-refractivity contribution in [3.05, 3.63) is 53.9 Å². The molecule has 3 aromatic rings. The Morgan fingerprint density at radius 2 is 1.30 bits per heavy atom. The van der Waals surface area contributed by atoms with E-state index in [4.69, 9.17) is 18.9 Å². The van der Waals surface area contributed by atoms with Gasteiger partial charge in [-0.3, -0.25) is 9.78 Å². The van der Waals surface area contributed by atoms with Gasteiger partial charge in [-0.15, -0.1) is 0 Å². The lowest BCUT2D eigenvalue weighted by atomic mass is 10.0. The molecule has 0 aliphatic heterocycles. The largest absolute Gasteiger partial charge is 0.490 e. The Kier molecular flexibility index (Phi) is 7.12. The van der Waals surface area contributed by atoms with Crippen LogP contribution in [-0.4, -0.2) is 37.2 Å². The topological polar surface area (TPSA) is 66.9 Å². The molecular weight excluding hydrogens is 382 g/mol. The highest BCUT2D eigenvalue weighted by atomic mass is 16.5. The number of aromatic nitrogens is 1. The Hall–Kier alpha value is -3.28. The van der Waals surface area contributed by atoms with E-state index in [9.17, 15) is 4.79 Å². The van der Waals surface area contributed by atoms with E-state index < -0.39 is 0 Å². The molecule has 0 atom stereocenters. The summed E-state index contributed by atoms with van der Waals surface area (Å²) in [4.78, 5) is 17.7. The molecule has 158 valence electrons. The Morgan fingerprint density at radius 3 is 1.93 bits per heavy atom. The highest BCUT2D eigenvalue weighted by Gasteiger charge is 2.19. The molecule has 0 spiro atoms. The van der Waals surface area contributed by atoms with Gasteiger partial charge in [0, 0.05) is 17.1 Å². The molecule has 1 aromatic heterocycles. The van der Waals surface area contributed by atoms with Gasteiger partial charge in [-0.25, -0.2) is 0 Å². The van der Waals surface area contributed by atoms with Gasteiger partial charge in [0.25, 0.3) is 0 Å². The summed E-state index contributed by atoms with van der Waals surface area (Å²) >= 11 is 0. The Balaban J connectivity index is 2.08. The lowest BCUT2D eigenvalue weighted by molar-refractivity contribution is 0.103. The summed E-state index contributed by atoms with van der Waals surface area (Å²) < 4.78 is 22.7. The van der Waals surface area contributed by atoms with Crippen molar-refractivity contribution in [3.63, 3.8) is 0 Å². The van der Waals surface area contributed by atoms with E-state index in [1.807, 2.05) is 45.9 Å². The minimum atomic E-state index is -0.198. The van der Waals surface area contributed by atoms with E-state index >= 15 is 0 Å². The number of rotatable bonds is 10. The molecule has 0 fully saturated rings. The number of hydrogen-bond donors (Lipinski definition) is 0. The van der Waals surface area contributed by atoms with Crippen molar-refractivity contribution in [1.82, 2.24) is 4.98 Å². The number of benzene rings is 2. The van der Waals surface area contributed by atoms with Crippen molar-refractivity contribution in [2.75, 3.05) is 26.4 Å². The van der Waals surface area contributed by atoms with Crippen LogP contribution in [-0.2, 0) is 0 Å². The molecule has 3 rings (SSSR count). The average Bonchev–Trinajstić information content (AvgIpc) is 2.75. The minimum absolute atomic E-state index is 0.198. The van der Waals surface area contributed by atoms with Crippen LogP contribution in [0.4, 0.5) is 0 Å². The van der Waals surface area contributed by atoms with Crippen LogP contribution in [0.2, 0.25) is 0 Å². The highest BCUT2D eigenvalue weighted by molar-refractivity contribution is 6.15. The number of nitrogens with zero attached hydrogens (tertiary/aromatic N) is 1. The molecule has 0 amide bonds. The predicted octanol–water partition coefficient (Wildman–Crippen LogP) is 5.06. The van der Waals surface area contributed by atoms with Gasteiger partial charge in [-0.05, 0) is 69.5 Å². The first-order chi connectivity index (χ1) is 14.6. The lowest BCUT2D eigenvalue weighted by Gasteiger charge is -2.14. The number of ketones is 1. The number of fused-ring (bicyclic) bond motifs is 1. The van der Waals surface area contributed by atoms with Gasteiger partial charge < -0.3 is 18.9 Å². The van der Waals surface area contributed by atoms with E-state index in [0.29, 0.717) is 66.1 Å². The molecule has 6 heteroatoms. The minimum Gasteiger partial charge on any atom is -0.490 e. The van der Waals surface area contributed by atoms with Crippen LogP contribution < -0.4 is 18.9 Å². The Labute approximate surface area is 176 Å². The van der Waals surface area contributed by atoms with Crippen molar-refractivity contribution in [3.8, 4) is 23.0 Å². The molecule has 30 heavy (non-hydrogen) atoms. The maximum atomic E-state index is 13.3. The zero-order chi connectivity index (χ0) is 21.5. The first-order valence-corrected chi connectivity index (χ1v) is 10.3. The number of pyridine rings is 1. The van der Waals surface area contributed by atoms with Crippen LogP contribution in [0.1, 0.15) is 43.7 Å². The van der Waals surface area contributed by atoms with Crippen LogP contribution in [0.3, 0.4) is 0 Å². The summed E-state index contributed by atoms with van der Waals surface area (Å²) in [6, 6.07) is 10.7. The van der Waals surface area contributed by atoms with Crippen LogP contribution >= 0.6 is 0 Å². The van der Waals surface area contributed by atoms with Crippen LogP contribution in [0.15, 0.2) is 42.6 Å². The van der Waals surface area contributed by atoms with E-state index in [1.165, 1.54) is 0 Å². The zero-order valence-electron chi connectivity index (χ0n) is 17.9.